The molecule has 3 heteroatoms. The van der Waals surface area contributed by atoms with Crippen molar-refractivity contribution in [1.29, 1.82) is 0 Å². The van der Waals surface area contributed by atoms with Crippen molar-refractivity contribution in [2.45, 2.75) is 40.0 Å². The summed E-state index contributed by atoms with van der Waals surface area (Å²) in [5, 5.41) is 0. The van der Waals surface area contributed by atoms with Crippen molar-refractivity contribution in [2.24, 2.45) is 17.8 Å². The zero-order valence-corrected chi connectivity index (χ0v) is 11.7. The van der Waals surface area contributed by atoms with E-state index in [1.165, 1.54) is 12.8 Å². The van der Waals surface area contributed by atoms with Gasteiger partial charge < -0.3 is 9.64 Å². The van der Waals surface area contributed by atoms with Crippen LogP contribution in [0.1, 0.15) is 40.0 Å². The molecule has 0 bridgehead atoms. The Morgan fingerprint density at radius 2 is 2.12 bits per heavy atom. The van der Waals surface area contributed by atoms with Crippen molar-refractivity contribution < 1.29 is 9.53 Å². The standard InChI is InChI=1S/C14H27NO2/c1-11(2)12(3)9-13-5-7-15(10-13)14(16)6-8-17-4/h11-13H,5-10H2,1-4H3. The van der Waals surface area contributed by atoms with Gasteiger partial charge >= 0.3 is 0 Å². The summed E-state index contributed by atoms with van der Waals surface area (Å²) in [4.78, 5) is 13.8. The van der Waals surface area contributed by atoms with E-state index >= 15 is 0 Å². The third-order valence-electron chi connectivity index (χ3n) is 4.00. The number of hydrogen-bond acceptors (Lipinski definition) is 2. The second-order valence-electron chi connectivity index (χ2n) is 5.69. The fraction of sp³-hybridized carbons (Fsp3) is 0.929. The van der Waals surface area contributed by atoms with Crippen LogP contribution in [-0.4, -0.2) is 37.6 Å². The van der Waals surface area contributed by atoms with Gasteiger partial charge in [0.1, 0.15) is 0 Å². The van der Waals surface area contributed by atoms with E-state index in [2.05, 4.69) is 20.8 Å². The van der Waals surface area contributed by atoms with Gasteiger partial charge in [-0.2, -0.15) is 0 Å². The van der Waals surface area contributed by atoms with E-state index in [9.17, 15) is 4.79 Å². The van der Waals surface area contributed by atoms with Gasteiger partial charge in [-0.15, -0.1) is 0 Å². The van der Waals surface area contributed by atoms with Gasteiger partial charge in [0, 0.05) is 20.2 Å². The molecular weight excluding hydrogens is 214 g/mol. The molecule has 2 unspecified atom stereocenters. The Kier molecular flexibility index (Phi) is 5.96. The molecule has 0 radical (unpaired) electrons. The average Bonchev–Trinajstić information content (AvgIpc) is 2.74. The van der Waals surface area contributed by atoms with E-state index in [1.807, 2.05) is 4.90 Å². The van der Waals surface area contributed by atoms with Crippen molar-refractivity contribution in [3.63, 3.8) is 0 Å². The van der Waals surface area contributed by atoms with Gasteiger partial charge in [0.2, 0.25) is 5.91 Å². The van der Waals surface area contributed by atoms with Crippen molar-refractivity contribution in [3.8, 4) is 0 Å². The predicted octanol–water partition coefficient (Wildman–Crippen LogP) is 2.55. The third-order valence-corrected chi connectivity index (χ3v) is 4.00. The zero-order valence-electron chi connectivity index (χ0n) is 11.7. The van der Waals surface area contributed by atoms with E-state index in [0.29, 0.717) is 18.9 Å². The molecule has 1 aliphatic rings. The number of carbonyl (C=O) groups excluding carboxylic acids is 1. The largest absolute Gasteiger partial charge is 0.384 e. The minimum atomic E-state index is 0.256. The van der Waals surface area contributed by atoms with Crippen LogP contribution in [0.2, 0.25) is 0 Å². The lowest BCUT2D eigenvalue weighted by Crippen LogP contribution is -2.29. The summed E-state index contributed by atoms with van der Waals surface area (Å²) >= 11 is 0. The second kappa shape index (κ2) is 7.00. The van der Waals surface area contributed by atoms with Crippen molar-refractivity contribution in [1.82, 2.24) is 4.90 Å². The van der Waals surface area contributed by atoms with Gasteiger partial charge in [-0.05, 0) is 30.6 Å². The highest BCUT2D eigenvalue weighted by molar-refractivity contribution is 5.76. The molecule has 0 aromatic rings. The molecule has 1 heterocycles. The third kappa shape index (κ3) is 4.66. The molecule has 0 spiro atoms. The molecule has 0 saturated carbocycles. The van der Waals surface area contributed by atoms with Crippen LogP contribution in [0.3, 0.4) is 0 Å². The fourth-order valence-corrected chi connectivity index (χ4v) is 2.40. The molecule has 1 fully saturated rings. The zero-order chi connectivity index (χ0) is 12.8. The number of methoxy groups -OCH3 is 1. The van der Waals surface area contributed by atoms with Gasteiger partial charge in [-0.25, -0.2) is 0 Å². The first-order valence-electron chi connectivity index (χ1n) is 6.81. The van der Waals surface area contributed by atoms with Crippen LogP contribution in [0.15, 0.2) is 0 Å². The minimum Gasteiger partial charge on any atom is -0.384 e. The van der Waals surface area contributed by atoms with Crippen LogP contribution in [0, 0.1) is 17.8 Å². The molecule has 0 aromatic carbocycles. The Balaban J connectivity index is 2.29. The maximum atomic E-state index is 11.8. The summed E-state index contributed by atoms with van der Waals surface area (Å²) in [6.45, 7) is 9.32. The predicted molar refractivity (Wildman–Crippen MR) is 69.8 cm³/mol. The first-order valence-corrected chi connectivity index (χ1v) is 6.81. The smallest absolute Gasteiger partial charge is 0.224 e. The summed E-state index contributed by atoms with van der Waals surface area (Å²) in [6.07, 6.45) is 2.96. The summed E-state index contributed by atoms with van der Waals surface area (Å²) < 4.78 is 4.95. The maximum Gasteiger partial charge on any atom is 0.224 e. The molecule has 0 aromatic heterocycles. The Bertz CT molecular complexity index is 240. The number of rotatable bonds is 6. The second-order valence-corrected chi connectivity index (χ2v) is 5.69. The van der Waals surface area contributed by atoms with Crippen LogP contribution in [0.25, 0.3) is 0 Å². The van der Waals surface area contributed by atoms with E-state index in [1.54, 1.807) is 7.11 Å². The molecule has 1 amide bonds. The summed E-state index contributed by atoms with van der Waals surface area (Å²) in [5.41, 5.74) is 0. The van der Waals surface area contributed by atoms with Crippen LogP contribution < -0.4 is 0 Å². The molecule has 1 saturated heterocycles. The van der Waals surface area contributed by atoms with Gasteiger partial charge in [-0.3, -0.25) is 4.79 Å². The molecule has 2 atom stereocenters. The molecule has 1 aliphatic heterocycles. The van der Waals surface area contributed by atoms with Crippen LogP contribution >= 0.6 is 0 Å². The highest BCUT2D eigenvalue weighted by atomic mass is 16.5. The van der Waals surface area contributed by atoms with Gasteiger partial charge in [0.05, 0.1) is 13.0 Å². The Morgan fingerprint density at radius 3 is 2.71 bits per heavy atom. The molecule has 17 heavy (non-hydrogen) atoms. The lowest BCUT2D eigenvalue weighted by Gasteiger charge is -2.20. The maximum absolute atomic E-state index is 11.8. The first-order chi connectivity index (χ1) is 8.04. The van der Waals surface area contributed by atoms with E-state index < -0.39 is 0 Å². The average molecular weight is 241 g/mol. The molecule has 0 N–H and O–H groups in total. The highest BCUT2D eigenvalue weighted by Crippen LogP contribution is 2.27. The van der Waals surface area contributed by atoms with Crippen LogP contribution in [0.4, 0.5) is 0 Å². The van der Waals surface area contributed by atoms with Crippen molar-refractivity contribution in [3.05, 3.63) is 0 Å². The summed E-state index contributed by atoms with van der Waals surface area (Å²) in [6, 6.07) is 0. The van der Waals surface area contributed by atoms with Crippen LogP contribution in [-0.2, 0) is 9.53 Å². The number of likely N-dealkylation sites (tertiary alicyclic amines) is 1. The van der Waals surface area contributed by atoms with Crippen molar-refractivity contribution >= 4 is 5.91 Å². The Labute approximate surface area is 106 Å². The van der Waals surface area contributed by atoms with Gasteiger partial charge in [0.25, 0.3) is 0 Å². The SMILES string of the molecule is COCCC(=O)N1CCC(CC(C)C(C)C)C1. The van der Waals surface area contributed by atoms with E-state index in [-0.39, 0.29) is 5.91 Å². The Hall–Kier alpha value is -0.570. The number of amides is 1. The topological polar surface area (TPSA) is 29.5 Å². The first kappa shape index (κ1) is 14.5. The number of ether oxygens (including phenoxy) is 1. The van der Waals surface area contributed by atoms with E-state index in [0.717, 1.165) is 24.9 Å². The van der Waals surface area contributed by atoms with E-state index in [4.69, 9.17) is 4.74 Å². The monoisotopic (exact) mass is 241 g/mol. The molecule has 3 nitrogen and oxygen atoms in total. The Morgan fingerprint density at radius 1 is 1.41 bits per heavy atom. The minimum absolute atomic E-state index is 0.256. The molecule has 0 aliphatic carbocycles. The lowest BCUT2D eigenvalue weighted by molar-refractivity contribution is -0.131. The summed E-state index contributed by atoms with van der Waals surface area (Å²) in [5.74, 6) is 2.47. The number of hydrogen-bond donors (Lipinski definition) is 0. The number of carbonyl (C=O) groups is 1. The highest BCUT2D eigenvalue weighted by Gasteiger charge is 2.27. The number of nitrogens with zero attached hydrogens (tertiary/aromatic N) is 1. The molecule has 100 valence electrons. The lowest BCUT2D eigenvalue weighted by atomic mass is 9.87. The normalized spacial score (nSPS) is 22.2. The van der Waals surface area contributed by atoms with Gasteiger partial charge in [-0.1, -0.05) is 20.8 Å². The van der Waals surface area contributed by atoms with Crippen molar-refractivity contribution in [2.75, 3.05) is 26.8 Å². The quantitative estimate of drug-likeness (QED) is 0.715. The molecule has 1 rings (SSSR count). The van der Waals surface area contributed by atoms with Crippen LogP contribution in [0.5, 0.6) is 0 Å². The molecular formula is C14H27NO2. The fourth-order valence-electron chi connectivity index (χ4n) is 2.40. The van der Waals surface area contributed by atoms with Gasteiger partial charge in [0.15, 0.2) is 0 Å². The summed E-state index contributed by atoms with van der Waals surface area (Å²) in [7, 11) is 1.64.